The normalized spacial score (nSPS) is 12.1. The number of alkyl halides is 3. The number of rotatable bonds is 2. The van der Waals surface area contributed by atoms with Crippen molar-refractivity contribution in [3.8, 4) is 5.75 Å². The lowest BCUT2D eigenvalue weighted by atomic mass is 10.0. The molecule has 0 saturated heterocycles. The fourth-order valence-corrected chi connectivity index (χ4v) is 1.71. The quantitative estimate of drug-likeness (QED) is 0.779. The lowest BCUT2D eigenvalue weighted by Gasteiger charge is -2.11. The molecule has 1 aromatic carbocycles. The molecule has 0 saturated carbocycles. The molecule has 0 atom stereocenters. The van der Waals surface area contributed by atoms with Crippen molar-refractivity contribution in [2.45, 2.75) is 30.2 Å². The molecule has 0 unspecified atom stereocenters. The van der Waals surface area contributed by atoms with Crippen LogP contribution in [0.25, 0.3) is 0 Å². The van der Waals surface area contributed by atoms with E-state index < -0.39 is 5.51 Å². The predicted molar refractivity (Wildman–Crippen MR) is 54.1 cm³/mol. The van der Waals surface area contributed by atoms with E-state index in [-0.39, 0.29) is 28.3 Å². The molecule has 0 bridgehead atoms. The van der Waals surface area contributed by atoms with E-state index in [0.29, 0.717) is 0 Å². The molecular weight excluding hydrogens is 225 g/mol. The van der Waals surface area contributed by atoms with Crippen molar-refractivity contribution in [2.75, 3.05) is 0 Å². The second-order valence-electron chi connectivity index (χ2n) is 3.43. The van der Waals surface area contributed by atoms with Crippen LogP contribution in [0.4, 0.5) is 13.2 Å². The van der Waals surface area contributed by atoms with E-state index in [9.17, 15) is 18.3 Å². The summed E-state index contributed by atoms with van der Waals surface area (Å²) >= 11 is -0.291. The Balaban J connectivity index is 3.01. The van der Waals surface area contributed by atoms with Crippen molar-refractivity contribution in [3.05, 3.63) is 23.8 Å². The van der Waals surface area contributed by atoms with Crippen LogP contribution in [-0.4, -0.2) is 10.6 Å². The third-order valence-electron chi connectivity index (χ3n) is 1.88. The van der Waals surface area contributed by atoms with Gasteiger partial charge in [0.25, 0.3) is 0 Å². The molecule has 15 heavy (non-hydrogen) atoms. The van der Waals surface area contributed by atoms with Gasteiger partial charge in [0.15, 0.2) is 0 Å². The summed E-state index contributed by atoms with van der Waals surface area (Å²) in [6.45, 7) is 3.77. The van der Waals surface area contributed by atoms with E-state index in [2.05, 4.69) is 0 Å². The molecule has 5 heteroatoms. The van der Waals surface area contributed by atoms with Crippen LogP contribution in [0.15, 0.2) is 23.1 Å². The Bertz CT molecular complexity index is 347. The fraction of sp³-hybridized carbons (Fsp3) is 0.400. The van der Waals surface area contributed by atoms with Crippen molar-refractivity contribution < 1.29 is 18.3 Å². The molecule has 0 heterocycles. The van der Waals surface area contributed by atoms with Gasteiger partial charge in [0, 0.05) is 0 Å². The topological polar surface area (TPSA) is 20.2 Å². The number of phenolic OH excluding ortho intramolecular Hbond substituents is 1. The monoisotopic (exact) mass is 236 g/mol. The van der Waals surface area contributed by atoms with E-state index in [0.717, 1.165) is 5.56 Å². The van der Waals surface area contributed by atoms with E-state index in [1.165, 1.54) is 12.1 Å². The van der Waals surface area contributed by atoms with Gasteiger partial charge in [-0.1, -0.05) is 19.9 Å². The first-order valence-corrected chi connectivity index (χ1v) is 5.20. The van der Waals surface area contributed by atoms with Gasteiger partial charge in [-0.3, -0.25) is 0 Å². The summed E-state index contributed by atoms with van der Waals surface area (Å²) in [6.07, 6.45) is 0. The van der Waals surface area contributed by atoms with Gasteiger partial charge in [-0.15, -0.1) is 0 Å². The minimum absolute atomic E-state index is 0.137. The highest BCUT2D eigenvalue weighted by molar-refractivity contribution is 8.00. The summed E-state index contributed by atoms with van der Waals surface area (Å²) in [5.74, 6) is -0.195. The zero-order valence-electron chi connectivity index (χ0n) is 8.30. The SMILES string of the molecule is CC(C)c1ccc(O)c(SC(F)(F)F)c1. The Kier molecular flexibility index (Phi) is 3.54. The van der Waals surface area contributed by atoms with Gasteiger partial charge in [0.2, 0.25) is 0 Å². The van der Waals surface area contributed by atoms with Gasteiger partial charge in [-0.25, -0.2) is 0 Å². The summed E-state index contributed by atoms with van der Waals surface area (Å²) in [7, 11) is 0. The zero-order valence-corrected chi connectivity index (χ0v) is 9.12. The third kappa shape index (κ3) is 3.66. The molecule has 0 aliphatic carbocycles. The molecule has 1 aromatic rings. The molecule has 0 spiro atoms. The first-order chi connectivity index (χ1) is 6.79. The van der Waals surface area contributed by atoms with Crippen LogP contribution in [-0.2, 0) is 0 Å². The van der Waals surface area contributed by atoms with E-state index in [1.807, 2.05) is 13.8 Å². The Morgan fingerprint density at radius 3 is 2.33 bits per heavy atom. The standard InChI is InChI=1S/C10H11F3OS/c1-6(2)7-3-4-8(14)9(5-7)15-10(11,12)13/h3-6,14H,1-2H3. The second kappa shape index (κ2) is 4.35. The van der Waals surface area contributed by atoms with Crippen molar-refractivity contribution in [3.63, 3.8) is 0 Å². The van der Waals surface area contributed by atoms with Crippen LogP contribution in [0.5, 0.6) is 5.75 Å². The molecule has 0 radical (unpaired) electrons. The first-order valence-electron chi connectivity index (χ1n) is 4.38. The minimum Gasteiger partial charge on any atom is -0.507 e. The predicted octanol–water partition coefficient (Wildman–Crippen LogP) is 4.13. The Morgan fingerprint density at radius 2 is 1.87 bits per heavy atom. The third-order valence-corrected chi connectivity index (χ3v) is 2.65. The molecule has 84 valence electrons. The van der Waals surface area contributed by atoms with E-state index in [4.69, 9.17) is 0 Å². The first kappa shape index (κ1) is 12.2. The summed E-state index contributed by atoms with van der Waals surface area (Å²) < 4.78 is 36.3. The van der Waals surface area contributed by atoms with Crippen LogP contribution in [0.3, 0.4) is 0 Å². The maximum Gasteiger partial charge on any atom is 0.446 e. The van der Waals surface area contributed by atoms with Crippen molar-refractivity contribution in [1.82, 2.24) is 0 Å². The molecule has 0 fully saturated rings. The number of phenols is 1. The minimum atomic E-state index is -4.37. The number of benzene rings is 1. The van der Waals surface area contributed by atoms with Crippen LogP contribution in [0.2, 0.25) is 0 Å². The van der Waals surface area contributed by atoms with Crippen molar-refractivity contribution >= 4 is 11.8 Å². The lowest BCUT2D eigenvalue weighted by molar-refractivity contribution is -0.0329. The Labute approximate surface area is 90.3 Å². The average Bonchev–Trinajstić information content (AvgIpc) is 2.06. The van der Waals surface area contributed by atoms with Crippen LogP contribution >= 0.6 is 11.8 Å². The largest absolute Gasteiger partial charge is 0.507 e. The number of hydrogen-bond donors (Lipinski definition) is 1. The van der Waals surface area contributed by atoms with Gasteiger partial charge >= 0.3 is 5.51 Å². The lowest BCUT2D eigenvalue weighted by Crippen LogP contribution is -1.99. The van der Waals surface area contributed by atoms with Crippen LogP contribution < -0.4 is 0 Å². The summed E-state index contributed by atoms with van der Waals surface area (Å²) in [5, 5.41) is 9.26. The van der Waals surface area contributed by atoms with Gasteiger partial charge in [-0.2, -0.15) is 13.2 Å². The average molecular weight is 236 g/mol. The number of aromatic hydroxyl groups is 1. The molecule has 0 aliphatic rings. The van der Waals surface area contributed by atoms with Crippen molar-refractivity contribution in [2.24, 2.45) is 0 Å². The smallest absolute Gasteiger partial charge is 0.446 e. The van der Waals surface area contributed by atoms with Crippen LogP contribution in [0, 0.1) is 0 Å². The maximum atomic E-state index is 12.1. The summed E-state index contributed by atoms with van der Waals surface area (Å²) in [4.78, 5) is -0.145. The van der Waals surface area contributed by atoms with Gasteiger partial charge in [0.05, 0.1) is 4.90 Å². The molecular formula is C10H11F3OS. The molecule has 1 rings (SSSR count). The van der Waals surface area contributed by atoms with Crippen LogP contribution in [0.1, 0.15) is 25.3 Å². The number of hydrogen-bond acceptors (Lipinski definition) is 2. The molecule has 0 aliphatic heterocycles. The highest BCUT2D eigenvalue weighted by Crippen LogP contribution is 2.41. The number of halogens is 3. The zero-order chi connectivity index (χ0) is 11.6. The molecule has 0 amide bonds. The maximum absolute atomic E-state index is 12.1. The summed E-state index contributed by atoms with van der Waals surface area (Å²) in [5.41, 5.74) is -3.59. The van der Waals surface area contributed by atoms with E-state index in [1.54, 1.807) is 6.07 Å². The van der Waals surface area contributed by atoms with Crippen molar-refractivity contribution in [1.29, 1.82) is 0 Å². The Hall–Kier alpha value is -0.840. The highest BCUT2D eigenvalue weighted by atomic mass is 32.2. The van der Waals surface area contributed by atoms with Gasteiger partial charge < -0.3 is 5.11 Å². The van der Waals surface area contributed by atoms with Gasteiger partial charge in [0.1, 0.15) is 5.75 Å². The molecule has 1 N–H and O–H groups in total. The van der Waals surface area contributed by atoms with E-state index >= 15 is 0 Å². The molecule has 0 aromatic heterocycles. The second-order valence-corrected chi connectivity index (χ2v) is 4.54. The fourth-order valence-electron chi connectivity index (χ4n) is 1.10. The highest BCUT2D eigenvalue weighted by Gasteiger charge is 2.30. The number of thioether (sulfide) groups is 1. The summed E-state index contributed by atoms with van der Waals surface area (Å²) in [6, 6.07) is 4.29. The Morgan fingerprint density at radius 1 is 1.27 bits per heavy atom. The van der Waals surface area contributed by atoms with Gasteiger partial charge in [-0.05, 0) is 35.4 Å². The molecule has 1 nitrogen and oxygen atoms in total.